The zero-order valence-electron chi connectivity index (χ0n) is 24.5. The van der Waals surface area contributed by atoms with E-state index in [1.165, 1.54) is 41.3 Å². The maximum absolute atomic E-state index is 14.4. The van der Waals surface area contributed by atoms with Gasteiger partial charge in [0.25, 0.3) is 15.7 Å². The third-order valence-corrected chi connectivity index (χ3v) is 8.97. The van der Waals surface area contributed by atoms with Crippen LogP contribution in [0.1, 0.15) is 23.6 Å². The van der Waals surface area contributed by atoms with Gasteiger partial charge in [-0.1, -0.05) is 72.8 Å². The molecule has 10 nitrogen and oxygen atoms in total. The lowest BCUT2D eigenvalue weighted by Gasteiger charge is -2.34. The molecule has 0 bridgehead atoms. The normalized spacial score (nSPS) is 11.8. The van der Waals surface area contributed by atoms with E-state index in [9.17, 15) is 28.1 Å². The van der Waals surface area contributed by atoms with Crippen molar-refractivity contribution in [3.63, 3.8) is 0 Å². The Kier molecular flexibility index (Phi) is 10.5. The second kappa shape index (κ2) is 14.4. The first-order valence-electron chi connectivity index (χ1n) is 14.1. The molecular formula is C33H34N4O6S. The molecule has 0 aliphatic heterocycles. The monoisotopic (exact) mass is 614 g/mol. The van der Waals surface area contributed by atoms with Crippen LogP contribution in [-0.2, 0) is 32.6 Å². The molecule has 4 rings (SSSR count). The van der Waals surface area contributed by atoms with Gasteiger partial charge in [0.2, 0.25) is 11.8 Å². The van der Waals surface area contributed by atoms with E-state index in [1.54, 1.807) is 25.1 Å². The Balaban J connectivity index is 1.81. The second-order valence-electron chi connectivity index (χ2n) is 10.1. The van der Waals surface area contributed by atoms with E-state index in [-0.39, 0.29) is 35.1 Å². The number of hydrogen-bond acceptors (Lipinski definition) is 6. The van der Waals surface area contributed by atoms with Crippen LogP contribution in [0.4, 0.5) is 11.4 Å². The Morgan fingerprint density at radius 2 is 1.45 bits per heavy atom. The fraction of sp³-hybridized carbons (Fsp3) is 0.212. The van der Waals surface area contributed by atoms with E-state index in [0.29, 0.717) is 6.54 Å². The first-order valence-corrected chi connectivity index (χ1v) is 15.5. The highest BCUT2D eigenvalue weighted by Gasteiger charge is 2.34. The molecule has 0 spiro atoms. The number of nitrogens with zero attached hydrogens (tertiary/aromatic N) is 3. The highest BCUT2D eigenvalue weighted by atomic mass is 32.2. The number of anilines is 1. The van der Waals surface area contributed by atoms with E-state index in [1.807, 2.05) is 61.5 Å². The minimum absolute atomic E-state index is 0.0545. The number of amides is 2. The zero-order valence-corrected chi connectivity index (χ0v) is 25.3. The maximum Gasteiger partial charge on any atom is 0.269 e. The fourth-order valence-corrected chi connectivity index (χ4v) is 6.24. The summed E-state index contributed by atoms with van der Waals surface area (Å²) in [4.78, 5) is 40.0. The summed E-state index contributed by atoms with van der Waals surface area (Å²) < 4.78 is 28.8. The van der Waals surface area contributed by atoms with Crippen molar-refractivity contribution in [2.24, 2.45) is 0 Å². The number of benzene rings is 4. The van der Waals surface area contributed by atoms with Crippen LogP contribution in [0.5, 0.6) is 0 Å². The van der Waals surface area contributed by atoms with Gasteiger partial charge in [-0.2, -0.15) is 0 Å². The SMILES string of the molecule is CCNC(=O)[C@H](Cc1ccccc1)N(Cc1ccccc1C)C(=O)CN(c1ccc([N+](=O)[O-])cc1)S(=O)(=O)c1ccccc1. The lowest BCUT2D eigenvalue weighted by atomic mass is 10.0. The van der Waals surface area contributed by atoms with Gasteiger partial charge in [-0.3, -0.25) is 24.0 Å². The largest absolute Gasteiger partial charge is 0.355 e. The summed E-state index contributed by atoms with van der Waals surface area (Å²) in [5, 5.41) is 14.1. The number of nitro groups is 1. The first-order chi connectivity index (χ1) is 21.1. The van der Waals surface area contributed by atoms with Crippen LogP contribution in [0.2, 0.25) is 0 Å². The van der Waals surface area contributed by atoms with Crippen molar-refractivity contribution >= 4 is 33.2 Å². The number of likely N-dealkylation sites (N-methyl/N-ethyl adjacent to an activating group) is 1. The van der Waals surface area contributed by atoms with E-state index in [0.717, 1.165) is 21.0 Å². The highest BCUT2D eigenvalue weighted by Crippen LogP contribution is 2.27. The summed E-state index contributed by atoms with van der Waals surface area (Å²) in [6.07, 6.45) is 0.202. The predicted molar refractivity (Wildman–Crippen MR) is 168 cm³/mol. The molecule has 0 radical (unpaired) electrons. The minimum Gasteiger partial charge on any atom is -0.355 e. The molecule has 4 aromatic carbocycles. The molecular weight excluding hydrogens is 580 g/mol. The van der Waals surface area contributed by atoms with Crippen LogP contribution in [0.25, 0.3) is 0 Å². The summed E-state index contributed by atoms with van der Waals surface area (Å²) >= 11 is 0. The van der Waals surface area contributed by atoms with Gasteiger partial charge in [0.15, 0.2) is 0 Å². The van der Waals surface area contributed by atoms with Gasteiger partial charge >= 0.3 is 0 Å². The van der Waals surface area contributed by atoms with Crippen LogP contribution in [0, 0.1) is 17.0 Å². The third kappa shape index (κ3) is 7.67. The Hall–Kier alpha value is -5.03. The Morgan fingerprint density at radius 1 is 0.864 bits per heavy atom. The summed E-state index contributed by atoms with van der Waals surface area (Å²) in [6, 6.07) is 28.4. The Labute approximate surface area is 257 Å². The summed E-state index contributed by atoms with van der Waals surface area (Å²) in [5.74, 6) is -0.982. The average Bonchev–Trinajstić information content (AvgIpc) is 3.03. The highest BCUT2D eigenvalue weighted by molar-refractivity contribution is 7.92. The molecule has 0 aliphatic rings. The number of nitrogens with one attached hydrogen (secondary N) is 1. The van der Waals surface area contributed by atoms with Crippen LogP contribution < -0.4 is 9.62 Å². The second-order valence-corrected chi connectivity index (χ2v) is 12.0. The van der Waals surface area contributed by atoms with Gasteiger partial charge in [0.1, 0.15) is 12.6 Å². The van der Waals surface area contributed by atoms with Crippen molar-refractivity contribution in [2.75, 3.05) is 17.4 Å². The van der Waals surface area contributed by atoms with Crippen molar-refractivity contribution in [3.8, 4) is 0 Å². The van der Waals surface area contributed by atoms with Gasteiger partial charge in [0, 0.05) is 31.6 Å². The van der Waals surface area contributed by atoms with E-state index in [2.05, 4.69) is 5.32 Å². The van der Waals surface area contributed by atoms with Crippen LogP contribution >= 0.6 is 0 Å². The number of non-ortho nitro benzene ring substituents is 1. The van der Waals surface area contributed by atoms with Gasteiger partial charge in [0.05, 0.1) is 15.5 Å². The number of rotatable bonds is 13. The number of sulfonamides is 1. The van der Waals surface area contributed by atoms with E-state index < -0.39 is 33.4 Å². The molecule has 4 aromatic rings. The predicted octanol–water partition coefficient (Wildman–Crippen LogP) is 4.87. The molecule has 2 amide bonds. The number of aryl methyl sites for hydroxylation is 1. The van der Waals surface area contributed by atoms with Gasteiger partial charge in [-0.05, 0) is 54.8 Å². The molecule has 0 saturated carbocycles. The van der Waals surface area contributed by atoms with E-state index in [4.69, 9.17) is 0 Å². The summed E-state index contributed by atoms with van der Waals surface area (Å²) in [5.41, 5.74) is 2.38. The molecule has 0 saturated heterocycles. The first kappa shape index (κ1) is 31.9. The van der Waals surface area contributed by atoms with Crippen molar-refractivity contribution in [1.82, 2.24) is 10.2 Å². The summed E-state index contributed by atoms with van der Waals surface area (Å²) in [7, 11) is -4.30. The third-order valence-electron chi connectivity index (χ3n) is 7.18. The van der Waals surface area contributed by atoms with Crippen LogP contribution in [-0.4, -0.2) is 49.2 Å². The quantitative estimate of drug-likeness (QED) is 0.169. The molecule has 0 heterocycles. The fourth-order valence-electron chi connectivity index (χ4n) is 4.81. The lowest BCUT2D eigenvalue weighted by Crippen LogP contribution is -2.53. The standard InChI is InChI=1S/C33H34N4O6S/c1-3-34-33(39)31(22-26-13-6-4-7-14-26)35(23-27-15-11-10-12-25(27)2)32(38)24-36(28-18-20-29(21-19-28)37(40)41)44(42,43)30-16-8-5-9-17-30/h4-21,31H,3,22-24H2,1-2H3,(H,34,39)/t31-/m0/s1. The van der Waals surface area contributed by atoms with Crippen LogP contribution in [0.3, 0.4) is 0 Å². The molecule has 0 fully saturated rings. The number of hydrogen-bond donors (Lipinski definition) is 1. The van der Waals surface area contributed by atoms with Gasteiger partial charge in [-0.25, -0.2) is 8.42 Å². The lowest BCUT2D eigenvalue weighted by molar-refractivity contribution is -0.384. The van der Waals surface area contributed by atoms with Crippen molar-refractivity contribution in [1.29, 1.82) is 0 Å². The maximum atomic E-state index is 14.4. The number of carbonyl (C=O) groups excluding carboxylic acids is 2. The Bertz CT molecular complexity index is 1700. The minimum atomic E-state index is -4.30. The van der Waals surface area contributed by atoms with Gasteiger partial charge in [-0.15, -0.1) is 0 Å². The van der Waals surface area contributed by atoms with Crippen LogP contribution in [0.15, 0.2) is 114 Å². The van der Waals surface area contributed by atoms with Crippen molar-refractivity contribution < 1.29 is 22.9 Å². The number of nitro benzene ring substituents is 1. The molecule has 0 aromatic heterocycles. The molecule has 228 valence electrons. The molecule has 44 heavy (non-hydrogen) atoms. The van der Waals surface area contributed by atoms with Gasteiger partial charge < -0.3 is 10.2 Å². The van der Waals surface area contributed by atoms with E-state index >= 15 is 0 Å². The molecule has 0 unspecified atom stereocenters. The van der Waals surface area contributed by atoms with Crippen molar-refractivity contribution in [2.45, 2.75) is 37.8 Å². The number of carbonyl (C=O) groups is 2. The zero-order chi connectivity index (χ0) is 31.7. The average molecular weight is 615 g/mol. The molecule has 0 aliphatic carbocycles. The smallest absolute Gasteiger partial charge is 0.269 e. The topological polar surface area (TPSA) is 130 Å². The molecule has 11 heteroatoms. The summed E-state index contributed by atoms with van der Waals surface area (Å²) in [6.45, 7) is 3.44. The Morgan fingerprint density at radius 3 is 2.05 bits per heavy atom. The molecule has 1 N–H and O–H groups in total. The van der Waals surface area contributed by atoms with Crippen molar-refractivity contribution in [3.05, 3.63) is 136 Å². The molecule has 1 atom stereocenters.